The van der Waals surface area contributed by atoms with Crippen LogP contribution in [0.3, 0.4) is 0 Å². The predicted octanol–water partition coefficient (Wildman–Crippen LogP) is 3.02. The molecule has 0 bridgehead atoms. The third-order valence-corrected chi connectivity index (χ3v) is 6.80. The average Bonchev–Trinajstić information content (AvgIpc) is 3.42. The van der Waals surface area contributed by atoms with Crippen molar-refractivity contribution in [2.75, 3.05) is 13.1 Å². The van der Waals surface area contributed by atoms with Crippen molar-refractivity contribution in [3.8, 4) is 0 Å². The molecule has 4 rings (SSSR count). The fraction of sp³-hybridized carbons (Fsp3) is 0.455. The van der Waals surface area contributed by atoms with Gasteiger partial charge in [-0.25, -0.2) is 0 Å². The number of rotatable bonds is 5. The van der Waals surface area contributed by atoms with Crippen molar-refractivity contribution < 1.29 is 9.59 Å². The Balaban J connectivity index is 1.40. The first-order valence-electron chi connectivity index (χ1n) is 10.1. The highest BCUT2D eigenvalue weighted by molar-refractivity contribution is 7.10. The van der Waals surface area contributed by atoms with E-state index >= 15 is 0 Å². The zero-order chi connectivity index (χ0) is 19.3. The van der Waals surface area contributed by atoms with Crippen LogP contribution in [-0.2, 0) is 22.6 Å². The summed E-state index contributed by atoms with van der Waals surface area (Å²) in [6.45, 7) is 2.26. The monoisotopic (exact) mass is 397 g/mol. The minimum absolute atomic E-state index is 0.0802. The number of benzene rings is 1. The van der Waals surface area contributed by atoms with Gasteiger partial charge in [-0.1, -0.05) is 43.2 Å². The van der Waals surface area contributed by atoms with Gasteiger partial charge in [0.25, 0.3) is 0 Å². The van der Waals surface area contributed by atoms with Gasteiger partial charge in [-0.05, 0) is 41.8 Å². The number of nitrogens with zero attached hydrogens (tertiary/aromatic N) is 1. The Labute approximate surface area is 170 Å². The number of carbonyl (C=O) groups excluding carboxylic acids is 2. The molecule has 2 aromatic rings. The molecule has 148 valence electrons. The summed E-state index contributed by atoms with van der Waals surface area (Å²) in [5.74, 6) is -1.02. The number of nitrogens with one attached hydrogen (secondary N) is 2. The molecule has 2 N–H and O–H groups in total. The van der Waals surface area contributed by atoms with Crippen molar-refractivity contribution in [3.63, 3.8) is 0 Å². The molecule has 1 aromatic heterocycles. The molecule has 1 aromatic carbocycles. The van der Waals surface area contributed by atoms with Crippen molar-refractivity contribution in [2.24, 2.45) is 0 Å². The van der Waals surface area contributed by atoms with Crippen LogP contribution in [0.2, 0.25) is 0 Å². The third kappa shape index (κ3) is 4.45. The van der Waals surface area contributed by atoms with E-state index in [1.807, 2.05) is 6.07 Å². The summed E-state index contributed by atoms with van der Waals surface area (Å²) < 4.78 is 0. The highest BCUT2D eigenvalue weighted by Gasteiger charge is 2.27. The molecule has 1 atom stereocenters. The summed E-state index contributed by atoms with van der Waals surface area (Å²) in [6.07, 6.45) is 5.22. The lowest BCUT2D eigenvalue weighted by Crippen LogP contribution is -2.46. The number of thiophene rings is 1. The van der Waals surface area contributed by atoms with E-state index in [-0.39, 0.29) is 12.1 Å². The normalized spacial score (nSPS) is 18.4. The zero-order valence-corrected chi connectivity index (χ0v) is 16.8. The second-order valence-electron chi connectivity index (χ2n) is 7.69. The van der Waals surface area contributed by atoms with Gasteiger partial charge in [0, 0.05) is 30.6 Å². The molecule has 2 amide bonds. The van der Waals surface area contributed by atoms with Crippen molar-refractivity contribution >= 4 is 23.2 Å². The third-order valence-electron chi connectivity index (χ3n) is 5.83. The smallest absolute Gasteiger partial charge is 0.309 e. The van der Waals surface area contributed by atoms with Crippen LogP contribution in [0.25, 0.3) is 0 Å². The number of amides is 2. The first-order chi connectivity index (χ1) is 13.7. The summed E-state index contributed by atoms with van der Waals surface area (Å²) in [5, 5.41) is 7.81. The molecule has 28 heavy (non-hydrogen) atoms. The van der Waals surface area contributed by atoms with Crippen LogP contribution in [0.4, 0.5) is 0 Å². The molecule has 0 radical (unpaired) electrons. The molecule has 2 heterocycles. The molecule has 0 spiro atoms. The van der Waals surface area contributed by atoms with E-state index in [2.05, 4.69) is 51.2 Å². The molecule has 2 aliphatic rings. The molecular formula is C22H27N3O2S. The van der Waals surface area contributed by atoms with E-state index in [1.54, 1.807) is 11.3 Å². The van der Waals surface area contributed by atoms with Crippen molar-refractivity contribution in [3.05, 3.63) is 57.8 Å². The standard InChI is InChI=1S/C22H27N3O2S/c26-21(22(27)24-18-8-3-4-9-18)23-14-19(20-10-5-13-28-20)25-12-11-16-6-1-2-7-17(16)15-25/h1-2,5-7,10,13,18-19H,3-4,8-9,11-12,14-15H2,(H,23,26)(H,24,27)/t19-/m1/s1. The van der Waals surface area contributed by atoms with E-state index < -0.39 is 11.8 Å². The van der Waals surface area contributed by atoms with Gasteiger partial charge in [-0.2, -0.15) is 0 Å². The van der Waals surface area contributed by atoms with Gasteiger partial charge < -0.3 is 10.6 Å². The summed E-state index contributed by atoms with van der Waals surface area (Å²) in [4.78, 5) is 28.2. The average molecular weight is 398 g/mol. The minimum atomic E-state index is -0.522. The van der Waals surface area contributed by atoms with Gasteiger partial charge in [-0.15, -0.1) is 11.3 Å². The van der Waals surface area contributed by atoms with Crippen LogP contribution in [-0.4, -0.2) is 35.8 Å². The van der Waals surface area contributed by atoms with Crippen LogP contribution < -0.4 is 10.6 Å². The fourth-order valence-electron chi connectivity index (χ4n) is 4.26. The van der Waals surface area contributed by atoms with Crippen molar-refractivity contribution in [1.82, 2.24) is 15.5 Å². The van der Waals surface area contributed by atoms with Gasteiger partial charge in [0.15, 0.2) is 0 Å². The lowest BCUT2D eigenvalue weighted by molar-refractivity contribution is -0.139. The molecule has 0 unspecified atom stereocenters. The molecule has 1 saturated carbocycles. The molecule has 1 aliphatic heterocycles. The molecule has 5 nitrogen and oxygen atoms in total. The Kier molecular flexibility index (Phi) is 6.07. The van der Waals surface area contributed by atoms with Gasteiger partial charge in [0.1, 0.15) is 0 Å². The van der Waals surface area contributed by atoms with E-state index in [1.165, 1.54) is 16.0 Å². The van der Waals surface area contributed by atoms with Crippen LogP contribution in [0.5, 0.6) is 0 Å². The minimum Gasteiger partial charge on any atom is -0.346 e. The van der Waals surface area contributed by atoms with Crippen molar-refractivity contribution in [1.29, 1.82) is 0 Å². The molecule has 6 heteroatoms. The summed E-state index contributed by atoms with van der Waals surface area (Å²) in [6, 6.07) is 12.9. The van der Waals surface area contributed by atoms with Crippen LogP contribution in [0.15, 0.2) is 41.8 Å². The Morgan fingerprint density at radius 2 is 1.86 bits per heavy atom. The Morgan fingerprint density at radius 1 is 1.07 bits per heavy atom. The maximum absolute atomic E-state index is 12.3. The second kappa shape index (κ2) is 8.88. The largest absolute Gasteiger partial charge is 0.346 e. The van der Waals surface area contributed by atoms with Crippen LogP contribution in [0, 0.1) is 0 Å². The Hall–Kier alpha value is -2.18. The fourth-order valence-corrected chi connectivity index (χ4v) is 5.13. The van der Waals surface area contributed by atoms with Crippen LogP contribution >= 0.6 is 11.3 Å². The predicted molar refractivity (Wildman–Crippen MR) is 111 cm³/mol. The molecule has 1 fully saturated rings. The highest BCUT2D eigenvalue weighted by Crippen LogP contribution is 2.30. The topological polar surface area (TPSA) is 61.4 Å². The Bertz CT molecular complexity index is 815. The molecular weight excluding hydrogens is 370 g/mol. The quantitative estimate of drug-likeness (QED) is 0.763. The van der Waals surface area contributed by atoms with E-state index in [9.17, 15) is 9.59 Å². The maximum Gasteiger partial charge on any atom is 0.309 e. The zero-order valence-electron chi connectivity index (χ0n) is 16.0. The number of hydrogen-bond acceptors (Lipinski definition) is 4. The Morgan fingerprint density at radius 3 is 2.61 bits per heavy atom. The van der Waals surface area contributed by atoms with Gasteiger partial charge >= 0.3 is 11.8 Å². The van der Waals surface area contributed by atoms with E-state index in [0.29, 0.717) is 6.54 Å². The van der Waals surface area contributed by atoms with Gasteiger partial charge in [-0.3, -0.25) is 14.5 Å². The number of fused-ring (bicyclic) bond motifs is 1. The van der Waals surface area contributed by atoms with Crippen LogP contribution in [0.1, 0.15) is 47.7 Å². The lowest BCUT2D eigenvalue weighted by Gasteiger charge is -2.35. The number of hydrogen-bond donors (Lipinski definition) is 2. The highest BCUT2D eigenvalue weighted by atomic mass is 32.1. The van der Waals surface area contributed by atoms with Crippen molar-refractivity contribution in [2.45, 2.75) is 50.7 Å². The SMILES string of the molecule is O=C(NC[C@H](c1cccs1)N1CCc2ccccc2C1)C(=O)NC1CCCC1. The lowest BCUT2D eigenvalue weighted by atomic mass is 9.98. The summed E-state index contributed by atoms with van der Waals surface area (Å²) >= 11 is 1.70. The van der Waals surface area contributed by atoms with Gasteiger partial charge in [0.2, 0.25) is 0 Å². The summed E-state index contributed by atoms with van der Waals surface area (Å²) in [5.41, 5.74) is 2.75. The summed E-state index contributed by atoms with van der Waals surface area (Å²) in [7, 11) is 0. The van der Waals surface area contributed by atoms with Gasteiger partial charge in [0.05, 0.1) is 6.04 Å². The molecule has 1 aliphatic carbocycles. The first-order valence-corrected chi connectivity index (χ1v) is 11.0. The number of carbonyl (C=O) groups is 2. The second-order valence-corrected chi connectivity index (χ2v) is 8.66. The van der Waals surface area contributed by atoms with E-state index in [4.69, 9.17) is 0 Å². The molecule has 0 saturated heterocycles. The van der Waals surface area contributed by atoms with E-state index in [0.717, 1.165) is 45.2 Å². The maximum atomic E-state index is 12.3. The first kappa shape index (κ1) is 19.2.